The minimum absolute atomic E-state index is 0.406. The Kier molecular flexibility index (Phi) is 5.88. The van der Waals surface area contributed by atoms with Crippen LogP contribution in [0.2, 0.25) is 0 Å². The molecule has 0 unspecified atom stereocenters. The molecule has 0 bridgehead atoms. The highest BCUT2D eigenvalue weighted by Gasteiger charge is 2.35. The van der Waals surface area contributed by atoms with Gasteiger partial charge in [0.2, 0.25) is 0 Å². The number of nitrogens with two attached hydrogens (primary N) is 1. The minimum Gasteiger partial charge on any atom is -0.330 e. The van der Waals surface area contributed by atoms with Gasteiger partial charge in [0.15, 0.2) is 0 Å². The molecule has 20 heavy (non-hydrogen) atoms. The highest BCUT2D eigenvalue weighted by molar-refractivity contribution is 4.90. The van der Waals surface area contributed by atoms with Crippen molar-refractivity contribution in [1.82, 2.24) is 9.80 Å². The molecule has 1 aliphatic heterocycles. The van der Waals surface area contributed by atoms with Crippen LogP contribution in [0.15, 0.2) is 0 Å². The first kappa shape index (κ1) is 16.3. The van der Waals surface area contributed by atoms with Crippen molar-refractivity contribution in [3.8, 4) is 0 Å². The van der Waals surface area contributed by atoms with E-state index in [0.717, 1.165) is 18.5 Å². The van der Waals surface area contributed by atoms with Crippen LogP contribution >= 0.6 is 0 Å². The number of hydrogen-bond donors (Lipinski definition) is 1. The summed E-state index contributed by atoms with van der Waals surface area (Å²) in [4.78, 5) is 5.21. The summed E-state index contributed by atoms with van der Waals surface area (Å²) >= 11 is 0. The quantitative estimate of drug-likeness (QED) is 0.840. The summed E-state index contributed by atoms with van der Waals surface area (Å²) in [6.07, 6.45) is 8.09. The SMILES string of the molecule is CCN1CCC(N(C)CC2(CN)CCC(C)CC2)CC1. The second-order valence-electron chi connectivity index (χ2n) is 7.47. The lowest BCUT2D eigenvalue weighted by molar-refractivity contribution is 0.0608. The van der Waals surface area contributed by atoms with Crippen molar-refractivity contribution in [1.29, 1.82) is 0 Å². The van der Waals surface area contributed by atoms with E-state index in [0.29, 0.717) is 5.41 Å². The number of rotatable bonds is 5. The van der Waals surface area contributed by atoms with Crippen LogP contribution in [0.5, 0.6) is 0 Å². The Labute approximate surface area is 125 Å². The van der Waals surface area contributed by atoms with E-state index < -0.39 is 0 Å². The second-order valence-corrected chi connectivity index (χ2v) is 7.47. The first-order valence-electron chi connectivity index (χ1n) is 8.71. The van der Waals surface area contributed by atoms with Crippen molar-refractivity contribution < 1.29 is 0 Å². The van der Waals surface area contributed by atoms with Crippen LogP contribution in [-0.2, 0) is 0 Å². The predicted molar refractivity (Wildman–Crippen MR) is 86.9 cm³/mol. The summed E-state index contributed by atoms with van der Waals surface area (Å²) in [7, 11) is 2.34. The molecular weight excluding hydrogens is 246 g/mol. The molecule has 1 saturated carbocycles. The molecule has 2 aliphatic rings. The van der Waals surface area contributed by atoms with Gasteiger partial charge in [-0.25, -0.2) is 0 Å². The molecule has 2 N–H and O–H groups in total. The van der Waals surface area contributed by atoms with Crippen LogP contribution in [0.4, 0.5) is 0 Å². The Hall–Kier alpha value is -0.120. The average molecular weight is 281 g/mol. The van der Waals surface area contributed by atoms with Gasteiger partial charge in [0, 0.05) is 12.6 Å². The van der Waals surface area contributed by atoms with Gasteiger partial charge in [0.1, 0.15) is 0 Å². The highest BCUT2D eigenvalue weighted by Crippen LogP contribution is 2.39. The van der Waals surface area contributed by atoms with Crippen LogP contribution in [0.3, 0.4) is 0 Å². The fourth-order valence-electron chi connectivity index (χ4n) is 4.14. The van der Waals surface area contributed by atoms with Crippen molar-refractivity contribution >= 4 is 0 Å². The van der Waals surface area contributed by atoms with Crippen molar-refractivity contribution in [3.05, 3.63) is 0 Å². The lowest BCUT2D eigenvalue weighted by Gasteiger charge is -2.44. The summed E-state index contributed by atoms with van der Waals surface area (Å²) in [6, 6.07) is 0.778. The third kappa shape index (κ3) is 3.96. The standard InChI is InChI=1S/C17H35N3/c1-4-20-11-7-16(8-12-20)19(3)14-17(13-18)9-5-15(2)6-10-17/h15-16H,4-14,18H2,1-3H3. The maximum atomic E-state index is 6.17. The summed E-state index contributed by atoms with van der Waals surface area (Å²) in [5.41, 5.74) is 6.58. The summed E-state index contributed by atoms with van der Waals surface area (Å²) in [5.74, 6) is 0.910. The molecule has 0 aromatic heterocycles. The van der Waals surface area contributed by atoms with Gasteiger partial charge in [-0.15, -0.1) is 0 Å². The molecule has 118 valence electrons. The zero-order chi connectivity index (χ0) is 14.6. The zero-order valence-electron chi connectivity index (χ0n) is 13.9. The van der Waals surface area contributed by atoms with Crippen molar-refractivity contribution in [2.75, 3.05) is 39.8 Å². The molecular formula is C17H35N3. The van der Waals surface area contributed by atoms with Gasteiger partial charge in [-0.05, 0) is 70.2 Å². The molecule has 1 saturated heterocycles. The molecule has 1 aliphatic carbocycles. The van der Waals surface area contributed by atoms with E-state index in [4.69, 9.17) is 5.73 Å². The maximum absolute atomic E-state index is 6.17. The number of hydrogen-bond acceptors (Lipinski definition) is 3. The van der Waals surface area contributed by atoms with Gasteiger partial charge in [-0.2, -0.15) is 0 Å². The molecule has 0 atom stereocenters. The van der Waals surface area contributed by atoms with Gasteiger partial charge in [-0.1, -0.05) is 26.7 Å². The van der Waals surface area contributed by atoms with E-state index in [9.17, 15) is 0 Å². The van der Waals surface area contributed by atoms with Crippen molar-refractivity contribution in [2.45, 2.75) is 58.4 Å². The molecule has 0 aromatic carbocycles. The zero-order valence-corrected chi connectivity index (χ0v) is 13.9. The molecule has 0 aromatic rings. The van der Waals surface area contributed by atoms with Gasteiger partial charge in [-0.3, -0.25) is 0 Å². The molecule has 3 heteroatoms. The molecule has 0 spiro atoms. The largest absolute Gasteiger partial charge is 0.330 e. The van der Waals surface area contributed by atoms with Gasteiger partial charge < -0.3 is 15.5 Å². The van der Waals surface area contributed by atoms with Crippen LogP contribution in [0.1, 0.15) is 52.4 Å². The van der Waals surface area contributed by atoms with Crippen LogP contribution in [-0.4, -0.2) is 55.6 Å². The highest BCUT2D eigenvalue weighted by atomic mass is 15.2. The maximum Gasteiger partial charge on any atom is 0.0117 e. The van der Waals surface area contributed by atoms with E-state index in [-0.39, 0.29) is 0 Å². The number of nitrogens with zero attached hydrogens (tertiary/aromatic N) is 2. The molecule has 3 nitrogen and oxygen atoms in total. The molecule has 2 fully saturated rings. The molecule has 0 radical (unpaired) electrons. The number of likely N-dealkylation sites (tertiary alicyclic amines) is 1. The third-order valence-corrected chi connectivity index (χ3v) is 5.98. The van der Waals surface area contributed by atoms with Crippen molar-refractivity contribution in [2.24, 2.45) is 17.1 Å². The molecule has 0 amide bonds. The van der Waals surface area contributed by atoms with E-state index in [2.05, 4.69) is 30.7 Å². The first-order chi connectivity index (χ1) is 9.58. The van der Waals surface area contributed by atoms with E-state index >= 15 is 0 Å². The molecule has 2 rings (SSSR count). The van der Waals surface area contributed by atoms with Gasteiger partial charge >= 0.3 is 0 Å². The average Bonchev–Trinajstić information content (AvgIpc) is 2.50. The summed E-state index contributed by atoms with van der Waals surface area (Å²) in [6.45, 7) is 10.5. The van der Waals surface area contributed by atoms with E-state index in [1.807, 2.05) is 0 Å². The monoisotopic (exact) mass is 281 g/mol. The van der Waals surface area contributed by atoms with Crippen LogP contribution in [0.25, 0.3) is 0 Å². The summed E-state index contributed by atoms with van der Waals surface area (Å²) < 4.78 is 0. The molecule has 1 heterocycles. The Morgan fingerprint density at radius 3 is 2.25 bits per heavy atom. The Balaban J connectivity index is 1.85. The predicted octanol–water partition coefficient (Wildman–Crippen LogP) is 2.56. The van der Waals surface area contributed by atoms with Gasteiger partial charge in [0.25, 0.3) is 0 Å². The topological polar surface area (TPSA) is 32.5 Å². The number of piperidine rings is 1. The summed E-state index contributed by atoms with van der Waals surface area (Å²) in [5, 5.41) is 0. The normalized spacial score (nSPS) is 33.8. The Morgan fingerprint density at radius 2 is 1.75 bits per heavy atom. The fourth-order valence-corrected chi connectivity index (χ4v) is 4.14. The minimum atomic E-state index is 0.406. The Bertz CT molecular complexity index is 276. The smallest absolute Gasteiger partial charge is 0.0117 e. The van der Waals surface area contributed by atoms with E-state index in [1.165, 1.54) is 64.7 Å². The fraction of sp³-hybridized carbons (Fsp3) is 1.00. The first-order valence-corrected chi connectivity index (χ1v) is 8.71. The van der Waals surface area contributed by atoms with Crippen LogP contribution in [0, 0.1) is 11.3 Å². The third-order valence-electron chi connectivity index (χ3n) is 5.98. The second kappa shape index (κ2) is 7.24. The van der Waals surface area contributed by atoms with Crippen molar-refractivity contribution in [3.63, 3.8) is 0 Å². The lowest BCUT2D eigenvalue weighted by Crippen LogP contribution is -2.49. The lowest BCUT2D eigenvalue weighted by atomic mass is 9.70. The van der Waals surface area contributed by atoms with Gasteiger partial charge in [0.05, 0.1) is 0 Å². The Morgan fingerprint density at radius 1 is 1.15 bits per heavy atom. The van der Waals surface area contributed by atoms with Crippen LogP contribution < -0.4 is 5.73 Å². The van der Waals surface area contributed by atoms with E-state index in [1.54, 1.807) is 0 Å².